The molecule has 0 aliphatic carbocycles. The summed E-state index contributed by atoms with van der Waals surface area (Å²) in [4.78, 5) is 11.7. The van der Waals surface area contributed by atoms with Gasteiger partial charge >= 0.3 is 0 Å². The zero-order chi connectivity index (χ0) is 10.1. The second-order valence-electron chi connectivity index (χ2n) is 2.74. The van der Waals surface area contributed by atoms with Crippen LogP contribution >= 0.6 is 23.1 Å². The van der Waals surface area contributed by atoms with E-state index in [4.69, 9.17) is 0 Å². The first kappa shape index (κ1) is 9.68. The molecule has 1 aromatic carbocycles. The molecule has 0 spiro atoms. The molecule has 0 saturated heterocycles. The maximum atomic E-state index is 13.3. The van der Waals surface area contributed by atoms with E-state index in [1.807, 2.05) is 18.4 Å². The number of carbonyl (C=O) groups is 1. The van der Waals surface area contributed by atoms with E-state index in [0.29, 0.717) is 11.7 Å². The monoisotopic (exact) mass is 226 g/mol. The quantitative estimate of drug-likeness (QED) is 0.575. The number of fused-ring (bicyclic) bond motifs is 1. The Labute approximate surface area is 88.9 Å². The van der Waals surface area contributed by atoms with Crippen LogP contribution < -0.4 is 0 Å². The largest absolute Gasteiger partial charge is 0.298 e. The molecule has 1 aromatic heterocycles. The minimum Gasteiger partial charge on any atom is -0.298 e. The minimum atomic E-state index is -0.392. The molecule has 2 rings (SSSR count). The van der Waals surface area contributed by atoms with Crippen LogP contribution in [-0.4, -0.2) is 12.5 Å². The summed E-state index contributed by atoms with van der Waals surface area (Å²) in [7, 11) is 0. The van der Waals surface area contributed by atoms with Crippen molar-refractivity contribution in [3.8, 4) is 0 Å². The van der Waals surface area contributed by atoms with E-state index >= 15 is 0 Å². The Kier molecular flexibility index (Phi) is 2.56. The highest BCUT2D eigenvalue weighted by Crippen LogP contribution is 2.35. The van der Waals surface area contributed by atoms with Gasteiger partial charge < -0.3 is 0 Å². The number of hydrogen-bond donors (Lipinski definition) is 0. The molecule has 0 radical (unpaired) electrons. The van der Waals surface area contributed by atoms with E-state index in [2.05, 4.69) is 0 Å². The van der Waals surface area contributed by atoms with Crippen molar-refractivity contribution in [2.75, 3.05) is 6.26 Å². The fraction of sp³-hybridized carbons (Fsp3) is 0.100. The minimum absolute atomic E-state index is 0.181. The summed E-state index contributed by atoms with van der Waals surface area (Å²) in [5.74, 6) is 0. The van der Waals surface area contributed by atoms with Crippen molar-refractivity contribution in [1.29, 1.82) is 0 Å². The van der Waals surface area contributed by atoms with Crippen LogP contribution in [-0.2, 0) is 0 Å². The molecule has 1 nitrogen and oxygen atoms in total. The first-order valence-electron chi connectivity index (χ1n) is 3.98. The van der Waals surface area contributed by atoms with Gasteiger partial charge in [0.25, 0.3) is 0 Å². The Morgan fingerprint density at radius 2 is 2.29 bits per heavy atom. The first-order valence-corrected chi connectivity index (χ1v) is 6.02. The fourth-order valence-corrected chi connectivity index (χ4v) is 3.14. The third-order valence-corrected chi connectivity index (χ3v) is 3.96. The van der Waals surface area contributed by atoms with Crippen LogP contribution in [0.3, 0.4) is 0 Å². The van der Waals surface area contributed by atoms with Gasteiger partial charge in [0.2, 0.25) is 0 Å². The van der Waals surface area contributed by atoms with E-state index in [9.17, 15) is 9.18 Å². The average molecular weight is 226 g/mol. The SMILES string of the molecule is CSc1cccc2c(C=O)c(F)sc12. The second-order valence-corrected chi connectivity index (χ2v) is 4.56. The molecule has 0 N–H and O–H groups in total. The van der Waals surface area contributed by atoms with Crippen LogP contribution in [0.2, 0.25) is 0 Å². The van der Waals surface area contributed by atoms with Gasteiger partial charge in [0.05, 0.1) is 10.3 Å². The molecule has 2 aromatic rings. The number of thioether (sulfide) groups is 1. The van der Waals surface area contributed by atoms with Crippen molar-refractivity contribution in [3.05, 3.63) is 28.9 Å². The summed E-state index contributed by atoms with van der Waals surface area (Å²) in [6.45, 7) is 0. The third kappa shape index (κ3) is 1.35. The van der Waals surface area contributed by atoms with Crippen molar-refractivity contribution < 1.29 is 9.18 Å². The smallest absolute Gasteiger partial charge is 0.188 e. The molecular weight excluding hydrogens is 219 g/mol. The van der Waals surface area contributed by atoms with Gasteiger partial charge in [-0.2, -0.15) is 4.39 Å². The van der Waals surface area contributed by atoms with Crippen LogP contribution in [0.1, 0.15) is 10.4 Å². The van der Waals surface area contributed by atoms with E-state index in [1.165, 1.54) is 0 Å². The Balaban J connectivity index is 2.85. The van der Waals surface area contributed by atoms with E-state index in [1.54, 1.807) is 17.8 Å². The van der Waals surface area contributed by atoms with Crippen molar-refractivity contribution in [1.82, 2.24) is 0 Å². The molecule has 14 heavy (non-hydrogen) atoms. The lowest BCUT2D eigenvalue weighted by Gasteiger charge is -1.96. The Morgan fingerprint density at radius 1 is 1.50 bits per heavy atom. The van der Waals surface area contributed by atoms with E-state index in [-0.39, 0.29) is 5.56 Å². The van der Waals surface area contributed by atoms with Gasteiger partial charge in [-0.25, -0.2) is 0 Å². The van der Waals surface area contributed by atoms with Crippen LogP contribution in [0, 0.1) is 5.13 Å². The summed E-state index contributed by atoms with van der Waals surface area (Å²) >= 11 is 2.59. The van der Waals surface area contributed by atoms with Crippen molar-refractivity contribution >= 4 is 39.5 Å². The van der Waals surface area contributed by atoms with Crippen LogP contribution in [0.15, 0.2) is 23.1 Å². The maximum Gasteiger partial charge on any atom is 0.188 e. The van der Waals surface area contributed by atoms with Crippen LogP contribution in [0.5, 0.6) is 0 Å². The molecule has 0 aliphatic rings. The predicted molar refractivity (Wildman–Crippen MR) is 59.0 cm³/mol. The molecule has 72 valence electrons. The summed E-state index contributed by atoms with van der Waals surface area (Å²) in [6.07, 6.45) is 2.52. The van der Waals surface area contributed by atoms with Gasteiger partial charge in [-0.05, 0) is 12.3 Å². The van der Waals surface area contributed by atoms with E-state index in [0.717, 1.165) is 20.9 Å². The normalized spacial score (nSPS) is 10.7. The Bertz CT molecular complexity index is 490. The first-order chi connectivity index (χ1) is 6.77. The van der Waals surface area contributed by atoms with Gasteiger partial charge in [-0.1, -0.05) is 12.1 Å². The highest BCUT2D eigenvalue weighted by atomic mass is 32.2. The lowest BCUT2D eigenvalue weighted by Crippen LogP contribution is -1.79. The summed E-state index contributed by atoms with van der Waals surface area (Å²) in [6, 6.07) is 5.54. The highest BCUT2D eigenvalue weighted by Gasteiger charge is 2.12. The number of benzene rings is 1. The summed E-state index contributed by atoms with van der Waals surface area (Å²) in [5.41, 5.74) is 0.181. The van der Waals surface area contributed by atoms with Gasteiger partial charge in [0.15, 0.2) is 11.4 Å². The van der Waals surface area contributed by atoms with Gasteiger partial charge in [0.1, 0.15) is 0 Å². The molecule has 0 aliphatic heterocycles. The molecule has 0 fully saturated rings. The molecule has 0 atom stereocenters. The number of halogens is 1. The van der Waals surface area contributed by atoms with Crippen molar-refractivity contribution in [3.63, 3.8) is 0 Å². The summed E-state index contributed by atoms with van der Waals surface area (Å²) in [5, 5.41) is 0.325. The van der Waals surface area contributed by atoms with Crippen molar-refractivity contribution in [2.24, 2.45) is 0 Å². The molecule has 4 heteroatoms. The van der Waals surface area contributed by atoms with Crippen LogP contribution in [0.4, 0.5) is 4.39 Å². The van der Waals surface area contributed by atoms with Gasteiger partial charge in [0, 0.05) is 10.3 Å². The van der Waals surface area contributed by atoms with Crippen LogP contribution in [0.25, 0.3) is 10.1 Å². The van der Waals surface area contributed by atoms with E-state index < -0.39 is 5.13 Å². The topological polar surface area (TPSA) is 17.1 Å². The molecule has 0 unspecified atom stereocenters. The fourth-order valence-electron chi connectivity index (χ4n) is 1.35. The predicted octanol–water partition coefficient (Wildman–Crippen LogP) is 3.57. The lowest BCUT2D eigenvalue weighted by molar-refractivity contribution is 0.112. The lowest BCUT2D eigenvalue weighted by atomic mass is 10.2. The Hall–Kier alpha value is -0.870. The number of aldehydes is 1. The zero-order valence-electron chi connectivity index (χ0n) is 7.41. The van der Waals surface area contributed by atoms with Crippen molar-refractivity contribution in [2.45, 2.75) is 4.90 Å². The third-order valence-electron chi connectivity index (χ3n) is 2.01. The second kappa shape index (κ2) is 3.71. The molecule has 0 bridgehead atoms. The summed E-state index contributed by atoms with van der Waals surface area (Å²) < 4.78 is 14.2. The molecule has 1 heterocycles. The number of hydrogen-bond acceptors (Lipinski definition) is 3. The number of rotatable bonds is 2. The standard InChI is InChI=1S/C10H7FOS2/c1-13-8-4-2-3-6-7(5-12)10(11)14-9(6)8/h2-5H,1H3. The van der Waals surface area contributed by atoms with Gasteiger partial charge in [-0.15, -0.1) is 23.1 Å². The molecular formula is C10H7FOS2. The highest BCUT2D eigenvalue weighted by molar-refractivity contribution is 7.99. The molecule has 0 amide bonds. The molecule has 0 saturated carbocycles. The zero-order valence-corrected chi connectivity index (χ0v) is 9.05. The van der Waals surface area contributed by atoms with Gasteiger partial charge in [-0.3, -0.25) is 4.79 Å². The number of carbonyl (C=O) groups excluding carboxylic acids is 1. The average Bonchev–Trinajstić information content (AvgIpc) is 2.52. The maximum absolute atomic E-state index is 13.3. The number of thiophene rings is 1. The Morgan fingerprint density at radius 3 is 2.93 bits per heavy atom.